The molecule has 0 bridgehead atoms. The van der Waals surface area contributed by atoms with Crippen molar-refractivity contribution < 1.29 is 20.1 Å². The Morgan fingerprint density at radius 3 is 2.80 bits per heavy atom. The molecule has 2 aromatic rings. The highest BCUT2D eigenvalue weighted by Crippen LogP contribution is 2.34. The normalized spacial score (nSPS) is 30.1. The van der Waals surface area contributed by atoms with Gasteiger partial charge in [0.25, 0.3) is 5.56 Å². The fraction of sp³-hybridized carbons (Fsp3) is 0.545. The van der Waals surface area contributed by atoms with Crippen molar-refractivity contribution in [1.82, 2.24) is 19.5 Å². The predicted octanol–water partition coefficient (Wildman–Crippen LogP) is -2.02. The number of imidazole rings is 1. The van der Waals surface area contributed by atoms with Crippen LogP contribution in [0, 0.1) is 5.92 Å². The molecular formula is C11H14N4O5. The first kappa shape index (κ1) is 13.2. The van der Waals surface area contributed by atoms with Crippen LogP contribution >= 0.6 is 0 Å². The Morgan fingerprint density at radius 1 is 1.35 bits per heavy atom. The lowest BCUT2D eigenvalue weighted by atomic mass is 9.99. The van der Waals surface area contributed by atoms with E-state index in [1.165, 1.54) is 17.2 Å². The maximum atomic E-state index is 11.6. The number of hydrogen-bond acceptors (Lipinski definition) is 7. The first-order valence-electron chi connectivity index (χ1n) is 6.12. The third kappa shape index (κ3) is 1.83. The Hall–Kier alpha value is -1.81. The monoisotopic (exact) mass is 282 g/mol. The summed E-state index contributed by atoms with van der Waals surface area (Å²) in [4.78, 5) is 21.9. The molecule has 1 fully saturated rings. The number of nitrogens with one attached hydrogen (secondary N) is 1. The molecule has 0 saturated carbocycles. The summed E-state index contributed by atoms with van der Waals surface area (Å²) >= 11 is 0. The van der Waals surface area contributed by atoms with Crippen LogP contribution in [0.2, 0.25) is 0 Å². The van der Waals surface area contributed by atoms with E-state index < -0.39 is 29.9 Å². The highest BCUT2D eigenvalue weighted by molar-refractivity contribution is 5.68. The van der Waals surface area contributed by atoms with Gasteiger partial charge in [0.15, 0.2) is 17.4 Å². The van der Waals surface area contributed by atoms with Crippen LogP contribution in [0.15, 0.2) is 17.4 Å². The molecule has 0 unspecified atom stereocenters. The second kappa shape index (κ2) is 4.94. The fourth-order valence-electron chi connectivity index (χ4n) is 2.48. The van der Waals surface area contributed by atoms with Gasteiger partial charge in [-0.15, -0.1) is 0 Å². The van der Waals surface area contributed by atoms with E-state index in [0.717, 1.165) is 0 Å². The Balaban J connectivity index is 2.04. The third-order valence-corrected chi connectivity index (χ3v) is 3.55. The highest BCUT2D eigenvalue weighted by Gasteiger charge is 2.44. The van der Waals surface area contributed by atoms with Gasteiger partial charge >= 0.3 is 0 Å². The smallest absolute Gasteiger partial charge is 0.278 e. The van der Waals surface area contributed by atoms with E-state index in [-0.39, 0.29) is 24.4 Å². The quantitative estimate of drug-likeness (QED) is 0.510. The summed E-state index contributed by atoms with van der Waals surface area (Å²) in [5.41, 5.74) is 0.0167. The predicted molar refractivity (Wildman–Crippen MR) is 65.7 cm³/mol. The van der Waals surface area contributed by atoms with Crippen molar-refractivity contribution in [1.29, 1.82) is 0 Å². The first-order valence-corrected chi connectivity index (χ1v) is 6.12. The van der Waals surface area contributed by atoms with Crippen molar-refractivity contribution in [2.24, 2.45) is 5.92 Å². The molecule has 0 amide bonds. The molecule has 9 nitrogen and oxygen atoms in total. The van der Waals surface area contributed by atoms with Gasteiger partial charge < -0.3 is 25.0 Å². The van der Waals surface area contributed by atoms with Crippen molar-refractivity contribution in [3.05, 3.63) is 23.0 Å². The third-order valence-electron chi connectivity index (χ3n) is 3.55. The van der Waals surface area contributed by atoms with E-state index in [1.807, 2.05) is 0 Å². The fourth-order valence-corrected chi connectivity index (χ4v) is 2.48. The second-order valence-corrected chi connectivity index (χ2v) is 4.64. The van der Waals surface area contributed by atoms with Crippen LogP contribution in [0.5, 0.6) is 0 Å². The largest absolute Gasteiger partial charge is 0.396 e. The van der Waals surface area contributed by atoms with Crippen molar-refractivity contribution in [3.8, 4) is 0 Å². The molecule has 1 saturated heterocycles. The van der Waals surface area contributed by atoms with Gasteiger partial charge in [-0.3, -0.25) is 9.36 Å². The lowest BCUT2D eigenvalue weighted by Crippen LogP contribution is -2.30. The number of H-pyrrole nitrogens is 1. The van der Waals surface area contributed by atoms with Gasteiger partial charge in [0.1, 0.15) is 6.10 Å². The summed E-state index contributed by atoms with van der Waals surface area (Å²) in [7, 11) is 0. The molecule has 108 valence electrons. The maximum absolute atomic E-state index is 11.6. The number of aromatic amines is 1. The molecule has 0 radical (unpaired) electrons. The molecule has 20 heavy (non-hydrogen) atoms. The molecule has 0 spiro atoms. The Morgan fingerprint density at radius 2 is 2.15 bits per heavy atom. The van der Waals surface area contributed by atoms with Gasteiger partial charge in [0.2, 0.25) is 0 Å². The van der Waals surface area contributed by atoms with Gasteiger partial charge in [0, 0.05) is 5.92 Å². The molecule has 4 atom stereocenters. The van der Waals surface area contributed by atoms with Gasteiger partial charge in [-0.25, -0.2) is 9.97 Å². The molecule has 1 aliphatic rings. The van der Waals surface area contributed by atoms with Crippen LogP contribution in [0.1, 0.15) is 6.23 Å². The van der Waals surface area contributed by atoms with Gasteiger partial charge in [-0.1, -0.05) is 0 Å². The Kier molecular flexibility index (Phi) is 3.26. The van der Waals surface area contributed by atoms with Crippen LogP contribution in [0.4, 0.5) is 0 Å². The molecule has 3 heterocycles. The SMILES string of the molecule is O=c1[nH]cnc2c1ncn2[C@H]1O[C@@H](CO)[C@H](CO)[C@@H]1O. The lowest BCUT2D eigenvalue weighted by Gasteiger charge is -2.17. The van der Waals surface area contributed by atoms with Crippen molar-refractivity contribution in [2.45, 2.75) is 18.4 Å². The van der Waals surface area contributed by atoms with Crippen molar-refractivity contribution >= 4 is 11.2 Å². The molecule has 0 aromatic carbocycles. The molecule has 3 rings (SSSR count). The second-order valence-electron chi connectivity index (χ2n) is 4.64. The number of nitrogens with zero attached hydrogens (tertiary/aromatic N) is 3. The van der Waals surface area contributed by atoms with E-state index >= 15 is 0 Å². The number of aliphatic hydroxyl groups excluding tert-OH is 3. The number of rotatable bonds is 3. The summed E-state index contributed by atoms with van der Waals surface area (Å²) in [5.74, 6) is -0.607. The average Bonchev–Trinajstić information content (AvgIpc) is 3.00. The first-order chi connectivity index (χ1) is 9.67. The van der Waals surface area contributed by atoms with Crippen LogP contribution in [0.25, 0.3) is 11.2 Å². The van der Waals surface area contributed by atoms with Gasteiger partial charge in [0.05, 0.1) is 32.0 Å². The lowest BCUT2D eigenvalue weighted by molar-refractivity contribution is -0.0496. The van der Waals surface area contributed by atoms with E-state index in [0.29, 0.717) is 0 Å². The summed E-state index contributed by atoms with van der Waals surface area (Å²) < 4.78 is 6.95. The van der Waals surface area contributed by atoms with Gasteiger partial charge in [-0.05, 0) is 0 Å². The van der Waals surface area contributed by atoms with Crippen LogP contribution in [-0.2, 0) is 4.74 Å². The van der Waals surface area contributed by atoms with Crippen molar-refractivity contribution in [2.75, 3.05) is 13.2 Å². The number of aromatic nitrogens is 4. The maximum Gasteiger partial charge on any atom is 0.278 e. The number of hydrogen-bond donors (Lipinski definition) is 4. The summed E-state index contributed by atoms with van der Waals surface area (Å²) in [5, 5.41) is 28.7. The van der Waals surface area contributed by atoms with E-state index in [9.17, 15) is 20.1 Å². The average molecular weight is 282 g/mol. The van der Waals surface area contributed by atoms with Crippen molar-refractivity contribution in [3.63, 3.8) is 0 Å². The van der Waals surface area contributed by atoms with E-state index in [2.05, 4.69) is 15.0 Å². The minimum Gasteiger partial charge on any atom is -0.396 e. The minimum absolute atomic E-state index is 0.135. The Labute approximate surface area is 112 Å². The van der Waals surface area contributed by atoms with Crippen LogP contribution < -0.4 is 5.56 Å². The zero-order valence-electron chi connectivity index (χ0n) is 10.4. The molecule has 0 aliphatic carbocycles. The Bertz CT molecular complexity index is 668. The van der Waals surface area contributed by atoms with Crippen LogP contribution in [0.3, 0.4) is 0 Å². The molecule has 4 N–H and O–H groups in total. The summed E-state index contributed by atoms with van der Waals surface area (Å²) in [6.45, 7) is -0.636. The summed E-state index contributed by atoms with van der Waals surface area (Å²) in [6.07, 6.45) is 0.00495. The van der Waals surface area contributed by atoms with Crippen LogP contribution in [-0.4, -0.2) is 60.3 Å². The topological polar surface area (TPSA) is 133 Å². The van der Waals surface area contributed by atoms with E-state index in [4.69, 9.17) is 4.74 Å². The zero-order valence-corrected chi connectivity index (χ0v) is 10.4. The minimum atomic E-state index is -1.03. The molecule has 2 aromatic heterocycles. The standard InChI is InChI=1S/C11H14N4O5/c16-1-5-6(2-17)20-11(8(5)18)15-4-14-7-9(15)12-3-13-10(7)19/h3-6,8,11,16-18H,1-2H2,(H,12,13,19)/t5-,6-,8-,11-/m0/s1. The molecular weight excluding hydrogens is 268 g/mol. The highest BCUT2D eigenvalue weighted by atomic mass is 16.5. The van der Waals surface area contributed by atoms with E-state index in [1.54, 1.807) is 0 Å². The van der Waals surface area contributed by atoms with Gasteiger partial charge in [-0.2, -0.15) is 0 Å². The zero-order chi connectivity index (χ0) is 14.3. The number of aliphatic hydroxyl groups is 3. The molecule has 1 aliphatic heterocycles. The number of fused-ring (bicyclic) bond motifs is 1. The molecule has 9 heteroatoms. The summed E-state index contributed by atoms with van der Waals surface area (Å²) in [6, 6.07) is 0. The number of ether oxygens (including phenoxy) is 1.